The van der Waals surface area contributed by atoms with Crippen LogP contribution in [0.25, 0.3) is 5.69 Å². The van der Waals surface area contributed by atoms with E-state index in [1.807, 2.05) is 19.1 Å². The summed E-state index contributed by atoms with van der Waals surface area (Å²) in [5.41, 5.74) is 2.69. The molecule has 0 spiro atoms. The first-order valence-corrected chi connectivity index (χ1v) is 10.5. The Bertz CT molecular complexity index is 1380. The number of amides is 1. The Balaban J connectivity index is 1.50. The van der Waals surface area contributed by atoms with E-state index in [2.05, 4.69) is 10.4 Å². The molecule has 0 radical (unpaired) electrons. The Hall–Kier alpha value is -4.46. The standard InChI is InChI=1S/C26H22FN3O4/c1-17-6-11-23(33-2)22(14-17)28-26(32)19-7-9-21(10-8-19)30-25(31)13-12-24(29-30)34-16-18-4-3-5-20(27)15-18/h3-15H,16H2,1-2H3,(H,28,32). The van der Waals surface area contributed by atoms with Crippen LogP contribution in [0, 0.1) is 12.7 Å². The number of nitrogens with zero attached hydrogens (tertiary/aromatic N) is 2. The summed E-state index contributed by atoms with van der Waals surface area (Å²) in [4.78, 5) is 25.1. The van der Waals surface area contributed by atoms with Crippen molar-refractivity contribution in [2.75, 3.05) is 12.4 Å². The molecule has 0 fully saturated rings. The number of aryl methyl sites for hydroxylation is 1. The Morgan fingerprint density at radius 1 is 1.03 bits per heavy atom. The third-order valence-corrected chi connectivity index (χ3v) is 5.03. The number of aromatic nitrogens is 2. The first-order valence-electron chi connectivity index (χ1n) is 10.5. The Labute approximate surface area is 195 Å². The van der Waals surface area contributed by atoms with Gasteiger partial charge in [-0.3, -0.25) is 9.59 Å². The molecule has 4 rings (SSSR count). The molecule has 172 valence electrons. The van der Waals surface area contributed by atoms with Crippen LogP contribution in [0.1, 0.15) is 21.5 Å². The highest BCUT2D eigenvalue weighted by atomic mass is 19.1. The fraction of sp³-hybridized carbons (Fsp3) is 0.115. The SMILES string of the molecule is COc1ccc(C)cc1NC(=O)c1ccc(-n2nc(OCc3cccc(F)c3)ccc2=O)cc1. The summed E-state index contributed by atoms with van der Waals surface area (Å²) in [6.45, 7) is 2.02. The van der Waals surface area contributed by atoms with Crippen LogP contribution in [-0.2, 0) is 6.61 Å². The van der Waals surface area contributed by atoms with Gasteiger partial charge in [0.2, 0.25) is 5.88 Å². The average Bonchev–Trinajstić information content (AvgIpc) is 2.84. The van der Waals surface area contributed by atoms with E-state index in [1.165, 1.54) is 36.1 Å². The van der Waals surface area contributed by atoms with Gasteiger partial charge in [0.05, 0.1) is 18.5 Å². The van der Waals surface area contributed by atoms with E-state index < -0.39 is 0 Å². The van der Waals surface area contributed by atoms with Crippen LogP contribution in [0.15, 0.2) is 83.7 Å². The maximum absolute atomic E-state index is 13.3. The van der Waals surface area contributed by atoms with Crippen LogP contribution in [-0.4, -0.2) is 22.8 Å². The van der Waals surface area contributed by atoms with Crippen molar-refractivity contribution in [3.63, 3.8) is 0 Å². The minimum absolute atomic E-state index is 0.102. The molecule has 0 aliphatic rings. The second-order valence-corrected chi connectivity index (χ2v) is 7.54. The molecule has 3 aromatic carbocycles. The molecule has 0 saturated heterocycles. The van der Waals surface area contributed by atoms with Gasteiger partial charge >= 0.3 is 0 Å². The van der Waals surface area contributed by atoms with E-state index in [0.29, 0.717) is 28.3 Å². The molecule has 1 N–H and O–H groups in total. The number of halogens is 1. The van der Waals surface area contributed by atoms with E-state index in [1.54, 1.807) is 42.5 Å². The highest BCUT2D eigenvalue weighted by Gasteiger charge is 2.11. The fourth-order valence-electron chi connectivity index (χ4n) is 3.31. The number of rotatable bonds is 7. The molecule has 0 bridgehead atoms. The quantitative estimate of drug-likeness (QED) is 0.439. The molecule has 1 aromatic heterocycles. The summed E-state index contributed by atoms with van der Waals surface area (Å²) in [5.74, 6) is 0.0885. The Morgan fingerprint density at radius 2 is 1.82 bits per heavy atom. The van der Waals surface area contributed by atoms with Gasteiger partial charge in [-0.25, -0.2) is 4.39 Å². The number of anilines is 1. The molecule has 0 unspecified atom stereocenters. The first kappa shape index (κ1) is 22.7. The normalized spacial score (nSPS) is 10.6. The molecule has 34 heavy (non-hydrogen) atoms. The molecule has 1 heterocycles. The smallest absolute Gasteiger partial charge is 0.271 e. The first-order chi connectivity index (χ1) is 16.4. The second-order valence-electron chi connectivity index (χ2n) is 7.54. The highest BCUT2D eigenvalue weighted by Crippen LogP contribution is 2.26. The summed E-state index contributed by atoms with van der Waals surface area (Å²) in [6, 6.07) is 20.8. The molecule has 0 aliphatic carbocycles. The van der Waals surface area contributed by atoms with E-state index in [9.17, 15) is 14.0 Å². The predicted molar refractivity (Wildman–Crippen MR) is 126 cm³/mol. The van der Waals surface area contributed by atoms with E-state index >= 15 is 0 Å². The third-order valence-electron chi connectivity index (χ3n) is 5.03. The molecule has 1 amide bonds. The molecule has 7 nitrogen and oxygen atoms in total. The number of hydrogen-bond donors (Lipinski definition) is 1. The van der Waals surface area contributed by atoms with Crippen molar-refractivity contribution in [2.45, 2.75) is 13.5 Å². The number of carbonyl (C=O) groups is 1. The lowest BCUT2D eigenvalue weighted by molar-refractivity contribution is 0.102. The van der Waals surface area contributed by atoms with Gasteiger partial charge in [0, 0.05) is 17.7 Å². The summed E-state index contributed by atoms with van der Waals surface area (Å²) in [6.07, 6.45) is 0. The lowest BCUT2D eigenvalue weighted by atomic mass is 10.1. The van der Waals surface area contributed by atoms with Gasteiger partial charge in [0.15, 0.2) is 0 Å². The number of benzene rings is 3. The van der Waals surface area contributed by atoms with Gasteiger partial charge in [0.1, 0.15) is 18.2 Å². The van der Waals surface area contributed by atoms with E-state index in [4.69, 9.17) is 9.47 Å². The molecule has 0 saturated carbocycles. The predicted octanol–water partition coefficient (Wildman–Crippen LogP) is 4.52. The van der Waals surface area contributed by atoms with Gasteiger partial charge in [-0.1, -0.05) is 18.2 Å². The van der Waals surface area contributed by atoms with Crippen molar-refractivity contribution < 1.29 is 18.7 Å². The van der Waals surface area contributed by atoms with Crippen LogP contribution in [0.4, 0.5) is 10.1 Å². The van der Waals surface area contributed by atoms with Gasteiger partial charge in [-0.15, -0.1) is 5.10 Å². The maximum atomic E-state index is 13.3. The van der Waals surface area contributed by atoms with Crippen molar-refractivity contribution in [3.8, 4) is 17.3 Å². The zero-order valence-corrected chi connectivity index (χ0v) is 18.6. The fourth-order valence-corrected chi connectivity index (χ4v) is 3.31. The zero-order valence-electron chi connectivity index (χ0n) is 18.6. The Morgan fingerprint density at radius 3 is 2.56 bits per heavy atom. The Kier molecular flexibility index (Phi) is 6.68. The molecule has 0 aliphatic heterocycles. The van der Waals surface area contributed by atoms with E-state index in [0.717, 1.165) is 5.56 Å². The summed E-state index contributed by atoms with van der Waals surface area (Å²) >= 11 is 0. The number of hydrogen-bond acceptors (Lipinski definition) is 5. The molecular weight excluding hydrogens is 437 g/mol. The second kappa shape index (κ2) is 9.99. The highest BCUT2D eigenvalue weighted by molar-refractivity contribution is 6.05. The largest absolute Gasteiger partial charge is 0.495 e. The summed E-state index contributed by atoms with van der Waals surface area (Å²) < 4.78 is 25.4. The van der Waals surface area contributed by atoms with Crippen molar-refractivity contribution in [1.82, 2.24) is 9.78 Å². The van der Waals surface area contributed by atoms with Gasteiger partial charge < -0.3 is 14.8 Å². The van der Waals surface area contributed by atoms with Crippen LogP contribution >= 0.6 is 0 Å². The van der Waals surface area contributed by atoms with Crippen LogP contribution in [0.3, 0.4) is 0 Å². The lowest BCUT2D eigenvalue weighted by Crippen LogP contribution is -2.21. The molecular formula is C26H22FN3O4. The van der Waals surface area contributed by atoms with Crippen LogP contribution in [0.2, 0.25) is 0 Å². The number of nitrogens with one attached hydrogen (secondary N) is 1. The topological polar surface area (TPSA) is 82.4 Å². The van der Waals surface area contributed by atoms with Crippen LogP contribution < -0.4 is 20.3 Å². The third kappa shape index (κ3) is 5.29. The molecule has 8 heteroatoms. The van der Waals surface area contributed by atoms with Gasteiger partial charge in [0.25, 0.3) is 11.5 Å². The van der Waals surface area contributed by atoms with Crippen molar-refractivity contribution in [3.05, 3.63) is 112 Å². The molecule has 4 aromatic rings. The van der Waals surface area contributed by atoms with Gasteiger partial charge in [-0.05, 0) is 66.6 Å². The number of carbonyl (C=O) groups excluding carboxylic acids is 1. The number of methoxy groups -OCH3 is 1. The monoisotopic (exact) mass is 459 g/mol. The number of ether oxygens (including phenoxy) is 2. The van der Waals surface area contributed by atoms with Crippen LogP contribution in [0.5, 0.6) is 11.6 Å². The maximum Gasteiger partial charge on any atom is 0.271 e. The zero-order chi connectivity index (χ0) is 24.1. The lowest BCUT2D eigenvalue weighted by Gasteiger charge is -2.12. The van der Waals surface area contributed by atoms with Crippen molar-refractivity contribution in [1.29, 1.82) is 0 Å². The minimum atomic E-state index is -0.361. The minimum Gasteiger partial charge on any atom is -0.495 e. The van der Waals surface area contributed by atoms with Crippen molar-refractivity contribution >= 4 is 11.6 Å². The molecule has 0 atom stereocenters. The van der Waals surface area contributed by atoms with E-state index in [-0.39, 0.29) is 29.8 Å². The summed E-state index contributed by atoms with van der Waals surface area (Å²) in [5, 5.41) is 7.07. The van der Waals surface area contributed by atoms with Gasteiger partial charge in [-0.2, -0.15) is 4.68 Å². The summed E-state index contributed by atoms with van der Waals surface area (Å²) in [7, 11) is 1.54. The van der Waals surface area contributed by atoms with Crippen molar-refractivity contribution in [2.24, 2.45) is 0 Å². The average molecular weight is 459 g/mol.